The van der Waals surface area contributed by atoms with Gasteiger partial charge in [-0.25, -0.2) is 5.43 Å². The highest BCUT2D eigenvalue weighted by Crippen LogP contribution is 2.25. The number of aryl methyl sites for hydroxylation is 1. The molecule has 27 heavy (non-hydrogen) atoms. The minimum Gasteiger partial charge on any atom is -0.348 e. The van der Waals surface area contributed by atoms with Gasteiger partial charge in [0.15, 0.2) is 0 Å². The Morgan fingerprint density at radius 3 is 2.33 bits per heavy atom. The Kier molecular flexibility index (Phi) is 7.05. The standard InChI is InChI=1S/C19H22Cl2N4O2/c1-11(2)9-22-18(26)19(27)24-23-10-14-5-12(3)25(13(14)4)17-7-15(20)6-16(21)8-17/h5-8,10-11H,9H2,1-4H3,(H,22,26)(H,24,27)/b23-10-. The number of hydrogen-bond donors (Lipinski definition) is 2. The summed E-state index contributed by atoms with van der Waals surface area (Å²) in [7, 11) is 0. The van der Waals surface area contributed by atoms with Crippen molar-refractivity contribution in [2.75, 3.05) is 6.54 Å². The van der Waals surface area contributed by atoms with Crippen molar-refractivity contribution in [2.24, 2.45) is 11.0 Å². The molecule has 0 spiro atoms. The number of nitrogens with one attached hydrogen (secondary N) is 2. The van der Waals surface area contributed by atoms with Crippen molar-refractivity contribution in [1.29, 1.82) is 0 Å². The van der Waals surface area contributed by atoms with Gasteiger partial charge in [-0.1, -0.05) is 37.0 Å². The number of carbonyl (C=O) groups is 2. The van der Waals surface area contributed by atoms with Crippen molar-refractivity contribution in [1.82, 2.24) is 15.3 Å². The number of amides is 2. The molecule has 1 heterocycles. The third-order valence-electron chi connectivity index (χ3n) is 3.82. The van der Waals surface area contributed by atoms with Gasteiger partial charge in [0, 0.05) is 39.2 Å². The molecular formula is C19H22Cl2N4O2. The summed E-state index contributed by atoms with van der Waals surface area (Å²) < 4.78 is 1.98. The Bertz CT molecular complexity index is 868. The Balaban J connectivity index is 2.13. The van der Waals surface area contributed by atoms with Crippen LogP contribution in [0.25, 0.3) is 5.69 Å². The molecule has 1 aromatic heterocycles. The summed E-state index contributed by atoms with van der Waals surface area (Å²) in [6.07, 6.45) is 1.50. The summed E-state index contributed by atoms with van der Waals surface area (Å²) in [4.78, 5) is 23.4. The highest BCUT2D eigenvalue weighted by Gasteiger charge is 2.13. The molecule has 2 rings (SSSR count). The second-order valence-electron chi connectivity index (χ2n) is 6.59. The van der Waals surface area contributed by atoms with E-state index in [4.69, 9.17) is 23.2 Å². The average Bonchev–Trinajstić information content (AvgIpc) is 2.85. The van der Waals surface area contributed by atoms with E-state index in [0.29, 0.717) is 16.6 Å². The quantitative estimate of drug-likeness (QED) is 0.450. The summed E-state index contributed by atoms with van der Waals surface area (Å²) in [6.45, 7) is 8.18. The molecule has 0 aliphatic heterocycles. The lowest BCUT2D eigenvalue weighted by molar-refractivity contribution is -0.139. The van der Waals surface area contributed by atoms with Gasteiger partial charge in [-0.05, 0) is 44.0 Å². The molecule has 2 aromatic rings. The van der Waals surface area contributed by atoms with E-state index in [1.165, 1.54) is 6.21 Å². The van der Waals surface area contributed by atoms with Crippen LogP contribution in [0.3, 0.4) is 0 Å². The van der Waals surface area contributed by atoms with E-state index >= 15 is 0 Å². The Morgan fingerprint density at radius 1 is 1.11 bits per heavy atom. The van der Waals surface area contributed by atoms with Gasteiger partial charge in [0.25, 0.3) is 0 Å². The van der Waals surface area contributed by atoms with Gasteiger partial charge in [0.1, 0.15) is 0 Å². The molecule has 2 amide bonds. The molecule has 6 nitrogen and oxygen atoms in total. The van der Waals surface area contributed by atoms with Crippen molar-refractivity contribution >= 4 is 41.2 Å². The first-order chi connectivity index (χ1) is 12.7. The van der Waals surface area contributed by atoms with Gasteiger partial charge >= 0.3 is 11.8 Å². The third-order valence-corrected chi connectivity index (χ3v) is 4.26. The van der Waals surface area contributed by atoms with Crippen molar-refractivity contribution in [3.05, 3.63) is 51.3 Å². The van der Waals surface area contributed by atoms with Gasteiger partial charge < -0.3 is 9.88 Å². The van der Waals surface area contributed by atoms with Crippen molar-refractivity contribution in [3.8, 4) is 5.69 Å². The monoisotopic (exact) mass is 408 g/mol. The van der Waals surface area contributed by atoms with E-state index < -0.39 is 11.8 Å². The van der Waals surface area contributed by atoms with Crippen LogP contribution in [-0.4, -0.2) is 29.1 Å². The summed E-state index contributed by atoms with van der Waals surface area (Å²) in [6, 6.07) is 7.21. The van der Waals surface area contributed by atoms with Crippen LogP contribution in [0.1, 0.15) is 30.8 Å². The molecule has 0 saturated carbocycles. The van der Waals surface area contributed by atoms with Crippen LogP contribution in [0, 0.1) is 19.8 Å². The molecule has 1 aromatic carbocycles. The minimum atomic E-state index is -0.803. The number of nitrogens with zero attached hydrogens (tertiary/aromatic N) is 2. The maximum absolute atomic E-state index is 11.7. The van der Waals surface area contributed by atoms with E-state index in [-0.39, 0.29) is 5.92 Å². The van der Waals surface area contributed by atoms with Crippen LogP contribution in [0.4, 0.5) is 0 Å². The number of rotatable bonds is 5. The normalized spacial score (nSPS) is 11.2. The lowest BCUT2D eigenvalue weighted by atomic mass is 10.2. The molecule has 0 unspecified atom stereocenters. The van der Waals surface area contributed by atoms with E-state index in [0.717, 1.165) is 22.6 Å². The van der Waals surface area contributed by atoms with Gasteiger partial charge in [-0.2, -0.15) is 5.10 Å². The maximum atomic E-state index is 11.7. The number of aromatic nitrogens is 1. The van der Waals surface area contributed by atoms with Crippen molar-refractivity contribution in [3.63, 3.8) is 0 Å². The predicted octanol–water partition coefficient (Wildman–Crippen LogP) is 3.62. The fraction of sp³-hybridized carbons (Fsp3) is 0.316. The smallest absolute Gasteiger partial charge is 0.329 e. The molecular weight excluding hydrogens is 387 g/mol. The van der Waals surface area contributed by atoms with Gasteiger partial charge in [0.05, 0.1) is 6.21 Å². The Hall–Kier alpha value is -2.31. The highest BCUT2D eigenvalue weighted by atomic mass is 35.5. The van der Waals surface area contributed by atoms with E-state index in [1.807, 2.05) is 50.5 Å². The first-order valence-corrected chi connectivity index (χ1v) is 9.21. The number of benzene rings is 1. The molecule has 144 valence electrons. The number of hydrogen-bond acceptors (Lipinski definition) is 3. The van der Waals surface area contributed by atoms with E-state index in [2.05, 4.69) is 15.8 Å². The molecule has 0 aliphatic rings. The maximum Gasteiger partial charge on any atom is 0.329 e. The Labute approximate surface area is 168 Å². The first-order valence-electron chi connectivity index (χ1n) is 8.45. The van der Waals surface area contributed by atoms with Crippen LogP contribution in [0.15, 0.2) is 29.4 Å². The number of halogens is 2. The summed E-state index contributed by atoms with van der Waals surface area (Å²) in [5.74, 6) is -1.25. The Morgan fingerprint density at radius 2 is 1.74 bits per heavy atom. The zero-order valence-corrected chi connectivity index (χ0v) is 17.1. The lowest BCUT2D eigenvalue weighted by Crippen LogP contribution is -2.39. The molecule has 8 heteroatoms. The first kappa shape index (κ1) is 21.0. The number of hydrazone groups is 1. The lowest BCUT2D eigenvalue weighted by Gasteiger charge is -2.10. The zero-order valence-electron chi connectivity index (χ0n) is 15.6. The van der Waals surface area contributed by atoms with Gasteiger partial charge in [-0.3, -0.25) is 9.59 Å². The van der Waals surface area contributed by atoms with E-state index in [1.54, 1.807) is 6.07 Å². The zero-order chi connectivity index (χ0) is 20.1. The molecule has 0 saturated heterocycles. The summed E-state index contributed by atoms with van der Waals surface area (Å²) in [5.41, 5.74) is 5.71. The molecule has 0 bridgehead atoms. The van der Waals surface area contributed by atoms with Crippen LogP contribution >= 0.6 is 23.2 Å². The van der Waals surface area contributed by atoms with E-state index in [9.17, 15) is 9.59 Å². The molecule has 0 radical (unpaired) electrons. The fourth-order valence-electron chi connectivity index (χ4n) is 2.57. The minimum absolute atomic E-state index is 0.260. The molecule has 0 atom stereocenters. The van der Waals surface area contributed by atoms with Crippen LogP contribution in [0.2, 0.25) is 10.0 Å². The van der Waals surface area contributed by atoms with Crippen molar-refractivity contribution in [2.45, 2.75) is 27.7 Å². The topological polar surface area (TPSA) is 75.5 Å². The average molecular weight is 409 g/mol. The van der Waals surface area contributed by atoms with Crippen LogP contribution < -0.4 is 10.7 Å². The molecule has 2 N–H and O–H groups in total. The van der Waals surface area contributed by atoms with Crippen molar-refractivity contribution < 1.29 is 9.59 Å². The SMILES string of the molecule is Cc1cc(/C=N\NC(=O)C(=O)NCC(C)C)c(C)n1-c1cc(Cl)cc(Cl)c1. The van der Waals surface area contributed by atoms with Crippen LogP contribution in [-0.2, 0) is 9.59 Å². The second-order valence-corrected chi connectivity index (χ2v) is 7.47. The second kappa shape index (κ2) is 9.06. The highest BCUT2D eigenvalue weighted by molar-refractivity contribution is 6.35. The predicted molar refractivity (Wildman–Crippen MR) is 109 cm³/mol. The fourth-order valence-corrected chi connectivity index (χ4v) is 3.09. The van der Waals surface area contributed by atoms with Gasteiger partial charge in [-0.15, -0.1) is 0 Å². The van der Waals surface area contributed by atoms with Crippen LogP contribution in [0.5, 0.6) is 0 Å². The summed E-state index contributed by atoms with van der Waals surface area (Å²) >= 11 is 12.2. The molecule has 0 fully saturated rings. The largest absolute Gasteiger partial charge is 0.348 e. The molecule has 0 aliphatic carbocycles. The summed E-state index contributed by atoms with van der Waals surface area (Å²) in [5, 5.41) is 7.50. The van der Waals surface area contributed by atoms with Gasteiger partial charge in [0.2, 0.25) is 0 Å². The number of carbonyl (C=O) groups excluding carboxylic acids is 2. The third kappa shape index (κ3) is 5.58.